The average Bonchev–Trinajstić information content (AvgIpc) is 3.23. The summed E-state index contributed by atoms with van der Waals surface area (Å²) in [7, 11) is 3.20. The highest BCUT2D eigenvalue weighted by Crippen LogP contribution is 2.27. The Kier molecular flexibility index (Phi) is 7.64. The Morgan fingerprint density at radius 1 is 1.10 bits per heavy atom. The van der Waals surface area contributed by atoms with Crippen LogP contribution in [0.5, 0.6) is 11.5 Å². The molecule has 30 heavy (non-hydrogen) atoms. The molecule has 3 aromatic rings. The van der Waals surface area contributed by atoms with Gasteiger partial charge in [-0.1, -0.05) is 36.4 Å². The fourth-order valence-electron chi connectivity index (χ4n) is 2.98. The zero-order valence-electron chi connectivity index (χ0n) is 17.1. The van der Waals surface area contributed by atoms with Gasteiger partial charge in [-0.25, -0.2) is 9.78 Å². The van der Waals surface area contributed by atoms with Gasteiger partial charge in [0.25, 0.3) is 0 Å². The zero-order chi connectivity index (χ0) is 21.3. The molecule has 0 bridgehead atoms. The smallest absolute Gasteiger partial charge is 0.321 e. The molecule has 2 aromatic carbocycles. The van der Waals surface area contributed by atoms with E-state index in [0.717, 1.165) is 16.8 Å². The van der Waals surface area contributed by atoms with Crippen LogP contribution < -0.4 is 25.8 Å². The number of thiazole rings is 1. The van der Waals surface area contributed by atoms with E-state index < -0.39 is 0 Å². The standard InChI is InChI=1S/C22H26N4O3S/c1-28-19-9-8-16(13-20(19)29-2)10-11-24-21(27)26-22-25-18(14-30-22)17(23)12-15-6-4-3-5-7-15/h3-9,13-14,17H,10-12,23H2,1-2H3,(H2,24,25,26,27). The second kappa shape index (κ2) is 10.6. The van der Waals surface area contributed by atoms with E-state index in [2.05, 4.69) is 15.6 Å². The fraction of sp³-hybridized carbons (Fsp3) is 0.273. The van der Waals surface area contributed by atoms with Crippen molar-refractivity contribution in [3.8, 4) is 11.5 Å². The monoisotopic (exact) mass is 426 g/mol. The number of nitrogens with two attached hydrogens (primary N) is 1. The van der Waals surface area contributed by atoms with E-state index in [0.29, 0.717) is 36.0 Å². The number of benzene rings is 2. The first-order valence-corrected chi connectivity index (χ1v) is 10.5. The highest BCUT2D eigenvalue weighted by molar-refractivity contribution is 7.13. The summed E-state index contributed by atoms with van der Waals surface area (Å²) >= 11 is 1.36. The number of carbonyl (C=O) groups is 1. The van der Waals surface area contributed by atoms with Crippen molar-refractivity contribution in [3.05, 3.63) is 70.7 Å². The van der Waals surface area contributed by atoms with E-state index in [1.165, 1.54) is 11.3 Å². The fourth-order valence-corrected chi connectivity index (χ4v) is 3.75. The number of methoxy groups -OCH3 is 2. The van der Waals surface area contributed by atoms with Gasteiger partial charge in [-0.2, -0.15) is 0 Å². The maximum Gasteiger partial charge on any atom is 0.321 e. The molecule has 8 heteroatoms. The lowest BCUT2D eigenvalue weighted by Gasteiger charge is -2.10. The molecular formula is C22H26N4O3S. The van der Waals surface area contributed by atoms with Gasteiger partial charge < -0.3 is 20.5 Å². The number of urea groups is 1. The van der Waals surface area contributed by atoms with E-state index in [4.69, 9.17) is 15.2 Å². The van der Waals surface area contributed by atoms with E-state index >= 15 is 0 Å². The molecule has 0 aliphatic heterocycles. The maximum absolute atomic E-state index is 12.2. The Morgan fingerprint density at radius 2 is 1.87 bits per heavy atom. The van der Waals surface area contributed by atoms with Crippen LogP contribution in [0.4, 0.5) is 9.93 Å². The Morgan fingerprint density at radius 3 is 2.60 bits per heavy atom. The summed E-state index contributed by atoms with van der Waals surface area (Å²) < 4.78 is 10.5. The van der Waals surface area contributed by atoms with Gasteiger partial charge in [-0.05, 0) is 36.1 Å². The Labute approximate surface area is 180 Å². The van der Waals surface area contributed by atoms with Gasteiger partial charge in [-0.3, -0.25) is 5.32 Å². The lowest BCUT2D eigenvalue weighted by Crippen LogP contribution is -2.30. The summed E-state index contributed by atoms with van der Waals surface area (Å²) in [5.74, 6) is 1.35. The van der Waals surface area contributed by atoms with Crippen molar-refractivity contribution in [1.82, 2.24) is 10.3 Å². The van der Waals surface area contributed by atoms with Crippen LogP contribution in [0.2, 0.25) is 0 Å². The Bertz CT molecular complexity index is 962. The van der Waals surface area contributed by atoms with Crippen LogP contribution in [0, 0.1) is 0 Å². The van der Waals surface area contributed by atoms with Gasteiger partial charge >= 0.3 is 6.03 Å². The molecule has 0 aliphatic carbocycles. The highest BCUT2D eigenvalue weighted by atomic mass is 32.1. The van der Waals surface area contributed by atoms with Crippen molar-refractivity contribution in [2.45, 2.75) is 18.9 Å². The van der Waals surface area contributed by atoms with Crippen molar-refractivity contribution in [3.63, 3.8) is 0 Å². The summed E-state index contributed by atoms with van der Waals surface area (Å²) in [5.41, 5.74) is 9.22. The van der Waals surface area contributed by atoms with Gasteiger partial charge in [0.1, 0.15) is 0 Å². The minimum atomic E-state index is -0.298. The van der Waals surface area contributed by atoms with Gasteiger partial charge in [-0.15, -0.1) is 11.3 Å². The molecule has 0 aliphatic rings. The molecule has 3 rings (SSSR count). The van der Waals surface area contributed by atoms with Crippen molar-refractivity contribution in [2.75, 3.05) is 26.1 Å². The predicted molar refractivity (Wildman–Crippen MR) is 119 cm³/mol. The quantitative estimate of drug-likeness (QED) is 0.484. The van der Waals surface area contributed by atoms with Crippen LogP contribution in [0.15, 0.2) is 53.9 Å². The molecule has 158 valence electrons. The van der Waals surface area contributed by atoms with Gasteiger partial charge in [0, 0.05) is 11.9 Å². The van der Waals surface area contributed by atoms with Gasteiger partial charge in [0.05, 0.1) is 26.0 Å². The topological polar surface area (TPSA) is 98.5 Å². The van der Waals surface area contributed by atoms with Crippen LogP contribution in [0.3, 0.4) is 0 Å². The number of aromatic nitrogens is 1. The molecule has 1 aromatic heterocycles. The summed E-state index contributed by atoms with van der Waals surface area (Å²) in [6.07, 6.45) is 1.36. The third-order valence-corrected chi connectivity index (χ3v) is 5.34. The first-order valence-electron chi connectivity index (χ1n) is 9.59. The molecular weight excluding hydrogens is 400 g/mol. The second-order valence-electron chi connectivity index (χ2n) is 6.69. The van der Waals surface area contributed by atoms with Crippen LogP contribution in [0.25, 0.3) is 0 Å². The predicted octanol–water partition coefficient (Wildman–Crippen LogP) is 3.77. The van der Waals surface area contributed by atoms with Gasteiger partial charge in [0.15, 0.2) is 16.6 Å². The first kappa shape index (κ1) is 21.6. The van der Waals surface area contributed by atoms with Crippen LogP contribution in [-0.4, -0.2) is 31.8 Å². The van der Waals surface area contributed by atoms with Crippen molar-refractivity contribution >= 4 is 22.5 Å². The minimum absolute atomic E-state index is 0.215. The summed E-state index contributed by atoms with van der Waals surface area (Å²) in [4.78, 5) is 16.6. The highest BCUT2D eigenvalue weighted by Gasteiger charge is 2.13. The third kappa shape index (κ3) is 5.95. The van der Waals surface area contributed by atoms with Crippen molar-refractivity contribution in [1.29, 1.82) is 0 Å². The molecule has 0 saturated heterocycles. The first-order chi connectivity index (χ1) is 14.6. The van der Waals surface area contributed by atoms with E-state index in [-0.39, 0.29) is 12.1 Å². The number of hydrogen-bond acceptors (Lipinski definition) is 6. The molecule has 0 spiro atoms. The number of ether oxygens (including phenoxy) is 2. The third-order valence-electron chi connectivity index (χ3n) is 4.57. The number of carbonyl (C=O) groups excluding carboxylic acids is 1. The normalized spacial score (nSPS) is 11.6. The Balaban J connectivity index is 1.46. The average molecular weight is 427 g/mol. The number of nitrogens with zero attached hydrogens (tertiary/aromatic N) is 1. The molecule has 1 unspecified atom stereocenters. The van der Waals surface area contributed by atoms with E-state index in [1.54, 1.807) is 14.2 Å². The summed E-state index contributed by atoms with van der Waals surface area (Å²) in [5, 5.41) is 8.01. The number of amides is 2. The zero-order valence-corrected chi connectivity index (χ0v) is 17.9. The lowest BCUT2D eigenvalue weighted by atomic mass is 10.1. The number of nitrogens with one attached hydrogen (secondary N) is 2. The maximum atomic E-state index is 12.2. The van der Waals surface area contributed by atoms with Crippen molar-refractivity contribution < 1.29 is 14.3 Å². The van der Waals surface area contributed by atoms with Crippen molar-refractivity contribution in [2.24, 2.45) is 5.73 Å². The summed E-state index contributed by atoms with van der Waals surface area (Å²) in [6, 6.07) is 15.2. The van der Waals surface area contributed by atoms with Crippen LogP contribution >= 0.6 is 11.3 Å². The van der Waals surface area contributed by atoms with E-state index in [1.807, 2.05) is 53.9 Å². The summed E-state index contributed by atoms with van der Waals surface area (Å²) in [6.45, 7) is 0.479. The molecule has 4 N–H and O–H groups in total. The minimum Gasteiger partial charge on any atom is -0.493 e. The Hall–Kier alpha value is -3.10. The van der Waals surface area contributed by atoms with Crippen LogP contribution in [0.1, 0.15) is 22.9 Å². The second-order valence-corrected chi connectivity index (χ2v) is 7.55. The molecule has 1 heterocycles. The largest absolute Gasteiger partial charge is 0.493 e. The van der Waals surface area contributed by atoms with E-state index in [9.17, 15) is 4.79 Å². The number of anilines is 1. The van der Waals surface area contributed by atoms with Crippen LogP contribution in [-0.2, 0) is 12.8 Å². The number of hydrogen-bond donors (Lipinski definition) is 3. The molecule has 0 fully saturated rings. The molecule has 0 radical (unpaired) electrons. The van der Waals surface area contributed by atoms with Gasteiger partial charge in [0.2, 0.25) is 0 Å². The molecule has 1 atom stereocenters. The number of rotatable bonds is 9. The molecule has 0 saturated carbocycles. The molecule has 7 nitrogen and oxygen atoms in total. The molecule has 2 amide bonds. The lowest BCUT2D eigenvalue weighted by molar-refractivity contribution is 0.252. The SMILES string of the molecule is COc1ccc(CCNC(=O)Nc2nc(C(N)Cc3ccccc3)cs2)cc1OC.